The Hall–Kier alpha value is -3.08. The minimum absolute atomic E-state index is 0.289. The lowest BCUT2D eigenvalue weighted by Gasteiger charge is -2.09. The summed E-state index contributed by atoms with van der Waals surface area (Å²) < 4.78 is 11.2. The van der Waals surface area contributed by atoms with E-state index in [1.807, 2.05) is 49.4 Å². The van der Waals surface area contributed by atoms with Crippen molar-refractivity contribution in [1.29, 1.82) is 0 Å². The summed E-state index contributed by atoms with van der Waals surface area (Å²) in [4.78, 5) is 12.0. The molecule has 0 radical (unpaired) electrons. The zero-order valence-corrected chi connectivity index (χ0v) is 12.8. The zero-order chi connectivity index (χ0) is 15.8. The van der Waals surface area contributed by atoms with Crippen molar-refractivity contribution in [2.24, 2.45) is 0 Å². The van der Waals surface area contributed by atoms with Crippen LogP contribution < -0.4 is 9.47 Å². The summed E-state index contributed by atoms with van der Waals surface area (Å²) in [6, 6.07) is 16.0. The fourth-order valence-electron chi connectivity index (χ4n) is 2.63. The number of benzene rings is 2. The van der Waals surface area contributed by atoms with E-state index in [0.29, 0.717) is 5.88 Å². The van der Waals surface area contributed by atoms with Gasteiger partial charge in [-0.1, -0.05) is 12.1 Å². The number of aromatic nitrogens is 3. The maximum atomic E-state index is 6.01. The van der Waals surface area contributed by atoms with Crippen LogP contribution in [0.2, 0.25) is 0 Å². The van der Waals surface area contributed by atoms with Gasteiger partial charge in [0.25, 0.3) is 0 Å². The molecule has 0 saturated heterocycles. The molecule has 2 heterocycles. The highest BCUT2D eigenvalue weighted by molar-refractivity contribution is 5.85. The van der Waals surface area contributed by atoms with Gasteiger partial charge < -0.3 is 14.5 Å². The Morgan fingerprint density at radius 2 is 1.87 bits per heavy atom. The first-order valence-corrected chi connectivity index (χ1v) is 7.31. The molecular weight excluding hydrogens is 290 g/mol. The van der Waals surface area contributed by atoms with E-state index in [1.54, 1.807) is 7.11 Å². The van der Waals surface area contributed by atoms with Crippen molar-refractivity contribution in [2.45, 2.75) is 6.92 Å². The lowest BCUT2D eigenvalue weighted by atomic mass is 10.2. The minimum Gasteiger partial charge on any atom is -0.467 e. The van der Waals surface area contributed by atoms with E-state index in [1.165, 1.54) is 0 Å². The molecule has 0 fully saturated rings. The monoisotopic (exact) mass is 305 g/mol. The molecule has 1 N–H and O–H groups in total. The van der Waals surface area contributed by atoms with E-state index in [-0.39, 0.29) is 6.01 Å². The van der Waals surface area contributed by atoms with Crippen LogP contribution in [0.25, 0.3) is 21.8 Å². The summed E-state index contributed by atoms with van der Waals surface area (Å²) in [5, 5.41) is 1.95. The van der Waals surface area contributed by atoms with Gasteiger partial charge >= 0.3 is 6.01 Å². The molecule has 0 bridgehead atoms. The van der Waals surface area contributed by atoms with Crippen molar-refractivity contribution >= 4 is 21.8 Å². The third-order valence-electron chi connectivity index (χ3n) is 3.67. The third kappa shape index (κ3) is 2.46. The average molecular weight is 305 g/mol. The zero-order valence-electron chi connectivity index (χ0n) is 12.8. The summed E-state index contributed by atoms with van der Waals surface area (Å²) in [6.45, 7) is 2.03. The average Bonchev–Trinajstić information content (AvgIpc) is 2.94. The van der Waals surface area contributed by atoms with Gasteiger partial charge in [-0.3, -0.25) is 0 Å². The second kappa shape index (κ2) is 5.28. The normalized spacial score (nSPS) is 11.0. The van der Waals surface area contributed by atoms with Crippen molar-refractivity contribution in [3.05, 3.63) is 54.2 Å². The van der Waals surface area contributed by atoms with Crippen LogP contribution in [0.5, 0.6) is 17.6 Å². The second-order valence-corrected chi connectivity index (χ2v) is 5.34. The molecule has 5 nitrogen and oxygen atoms in total. The number of methoxy groups -OCH3 is 1. The molecule has 0 atom stereocenters. The summed E-state index contributed by atoms with van der Waals surface area (Å²) in [7, 11) is 1.54. The Kier molecular flexibility index (Phi) is 3.12. The van der Waals surface area contributed by atoms with E-state index in [4.69, 9.17) is 9.47 Å². The molecule has 0 aliphatic heterocycles. The fraction of sp³-hybridized carbons (Fsp3) is 0.111. The van der Waals surface area contributed by atoms with Gasteiger partial charge in [0, 0.05) is 16.6 Å². The lowest BCUT2D eigenvalue weighted by molar-refractivity contribution is 0.370. The first kappa shape index (κ1) is 13.6. The van der Waals surface area contributed by atoms with Crippen molar-refractivity contribution in [1.82, 2.24) is 15.0 Å². The van der Waals surface area contributed by atoms with Crippen molar-refractivity contribution in [3.8, 4) is 17.6 Å². The van der Waals surface area contributed by atoms with E-state index < -0.39 is 0 Å². The van der Waals surface area contributed by atoms with Crippen LogP contribution in [-0.2, 0) is 0 Å². The summed E-state index contributed by atoms with van der Waals surface area (Å²) in [5.41, 5.74) is 2.99. The van der Waals surface area contributed by atoms with Gasteiger partial charge in [-0.15, -0.1) is 0 Å². The van der Waals surface area contributed by atoms with Gasteiger partial charge in [-0.2, -0.15) is 9.97 Å². The number of para-hydroxylation sites is 1. The summed E-state index contributed by atoms with van der Waals surface area (Å²) in [5.74, 6) is 1.21. The molecule has 23 heavy (non-hydrogen) atoms. The molecule has 0 saturated carbocycles. The van der Waals surface area contributed by atoms with Gasteiger partial charge in [-0.05, 0) is 43.3 Å². The molecule has 4 rings (SSSR count). The number of hydrogen-bond acceptors (Lipinski definition) is 4. The van der Waals surface area contributed by atoms with Gasteiger partial charge in [0.1, 0.15) is 5.75 Å². The molecule has 0 unspecified atom stereocenters. The largest absolute Gasteiger partial charge is 0.467 e. The van der Waals surface area contributed by atoms with Crippen LogP contribution in [0.1, 0.15) is 5.69 Å². The van der Waals surface area contributed by atoms with Crippen LogP contribution >= 0.6 is 0 Å². The van der Waals surface area contributed by atoms with Gasteiger partial charge in [-0.25, -0.2) is 0 Å². The first-order chi connectivity index (χ1) is 11.2. The maximum absolute atomic E-state index is 6.01. The molecule has 2 aromatic carbocycles. The van der Waals surface area contributed by atoms with E-state index in [2.05, 4.69) is 21.0 Å². The van der Waals surface area contributed by atoms with Gasteiger partial charge in [0.15, 0.2) is 0 Å². The fourth-order valence-corrected chi connectivity index (χ4v) is 2.63. The van der Waals surface area contributed by atoms with E-state index >= 15 is 0 Å². The lowest BCUT2D eigenvalue weighted by Crippen LogP contribution is -1.96. The number of nitrogens with zero attached hydrogens (tertiary/aromatic N) is 2. The van der Waals surface area contributed by atoms with Crippen LogP contribution in [0, 0.1) is 6.92 Å². The van der Waals surface area contributed by atoms with Crippen molar-refractivity contribution < 1.29 is 9.47 Å². The smallest absolute Gasteiger partial charge is 0.320 e. The molecular formula is C18H15N3O2. The summed E-state index contributed by atoms with van der Waals surface area (Å²) in [6.07, 6.45) is 0. The molecule has 5 heteroatoms. The minimum atomic E-state index is 0.289. The number of aryl methyl sites for hydroxylation is 1. The topological polar surface area (TPSA) is 60.0 Å². The predicted octanol–water partition coefficient (Wildman–Crippen LogP) is 4.22. The quantitative estimate of drug-likeness (QED) is 0.615. The summed E-state index contributed by atoms with van der Waals surface area (Å²) >= 11 is 0. The van der Waals surface area contributed by atoms with Crippen molar-refractivity contribution in [2.75, 3.05) is 7.11 Å². The molecule has 114 valence electrons. The molecule has 2 aromatic heterocycles. The number of fused-ring (bicyclic) bond motifs is 2. The standard InChI is InChI=1S/C18H15N3O2/c1-11-9-12-10-13(7-8-15(12)19-11)23-17-14-5-3-4-6-16(14)20-18(21-17)22-2/h3-10,19H,1-2H3. The molecule has 4 aromatic rings. The SMILES string of the molecule is COc1nc(Oc2ccc3[nH]c(C)cc3c2)c2ccccc2n1. The highest BCUT2D eigenvalue weighted by Crippen LogP contribution is 2.30. The number of hydrogen-bond donors (Lipinski definition) is 1. The number of rotatable bonds is 3. The van der Waals surface area contributed by atoms with E-state index in [0.717, 1.165) is 33.2 Å². The highest BCUT2D eigenvalue weighted by atomic mass is 16.5. The number of nitrogens with one attached hydrogen (secondary N) is 1. The Labute approximate surface area is 132 Å². The van der Waals surface area contributed by atoms with Gasteiger partial charge in [0.05, 0.1) is 18.0 Å². The Bertz CT molecular complexity index is 1010. The number of ether oxygens (including phenoxy) is 2. The number of aromatic amines is 1. The van der Waals surface area contributed by atoms with Crippen LogP contribution in [0.4, 0.5) is 0 Å². The molecule has 0 aliphatic rings. The Morgan fingerprint density at radius 1 is 1.00 bits per heavy atom. The molecule has 0 amide bonds. The second-order valence-electron chi connectivity index (χ2n) is 5.34. The predicted molar refractivity (Wildman–Crippen MR) is 89.2 cm³/mol. The van der Waals surface area contributed by atoms with Crippen LogP contribution in [0.15, 0.2) is 48.5 Å². The Morgan fingerprint density at radius 3 is 2.74 bits per heavy atom. The van der Waals surface area contributed by atoms with Crippen molar-refractivity contribution in [3.63, 3.8) is 0 Å². The molecule has 0 aliphatic carbocycles. The van der Waals surface area contributed by atoms with E-state index in [9.17, 15) is 0 Å². The van der Waals surface area contributed by atoms with Crippen LogP contribution in [-0.4, -0.2) is 22.1 Å². The highest BCUT2D eigenvalue weighted by Gasteiger charge is 2.10. The molecule has 0 spiro atoms. The number of H-pyrrole nitrogens is 1. The van der Waals surface area contributed by atoms with Crippen LogP contribution in [0.3, 0.4) is 0 Å². The maximum Gasteiger partial charge on any atom is 0.320 e. The van der Waals surface area contributed by atoms with Gasteiger partial charge in [0.2, 0.25) is 5.88 Å². The Balaban J connectivity index is 1.81. The third-order valence-corrected chi connectivity index (χ3v) is 3.67. The first-order valence-electron chi connectivity index (χ1n) is 7.31.